The van der Waals surface area contributed by atoms with E-state index in [1.54, 1.807) is 4.41 Å². The molecule has 2 N–H and O–H groups in total. The Morgan fingerprint density at radius 1 is 1.60 bits per heavy atom. The van der Waals surface area contributed by atoms with Crippen LogP contribution < -0.4 is 9.95 Å². The van der Waals surface area contributed by atoms with E-state index in [1.807, 2.05) is 0 Å². The molecule has 0 fully saturated rings. The van der Waals surface area contributed by atoms with Gasteiger partial charge in [0.05, 0.1) is 0 Å². The Labute approximate surface area is 60.0 Å². The highest BCUT2D eigenvalue weighted by molar-refractivity contribution is 8.13. The van der Waals surface area contributed by atoms with Gasteiger partial charge in [0.25, 0.3) is 5.95 Å². The Morgan fingerprint density at radius 3 is 3.20 bits per heavy atom. The third kappa shape index (κ3) is 0.778. The summed E-state index contributed by atoms with van der Waals surface area (Å²) in [6, 6.07) is 0. The minimum absolute atomic E-state index is 0.499. The molecule has 1 radical (unpaired) electrons. The molecule has 1 aliphatic rings. The summed E-state index contributed by atoms with van der Waals surface area (Å²) < 4.78 is 1.54. The van der Waals surface area contributed by atoms with Crippen molar-refractivity contribution >= 4 is 23.4 Å². The zero-order chi connectivity index (χ0) is 6.81. The van der Waals surface area contributed by atoms with E-state index < -0.39 is 0 Å². The molecule has 0 amide bonds. The standard InChI is InChI=1S/C2H2N7S/c1-3-8-9(10-1)2-4-6-7-5-2/h8H,(H,4,5,6,7). The number of nitrogens with zero attached hydrogens (tertiary/aromatic N) is 5. The van der Waals surface area contributed by atoms with Crippen LogP contribution in [0.5, 0.6) is 0 Å². The molecule has 7 nitrogen and oxygen atoms in total. The molecule has 1 aromatic rings. The Bertz CT molecular complexity index is 220. The number of hydrogen-bond donors (Lipinski definition) is 2. The third-order valence-electron chi connectivity index (χ3n) is 0.845. The normalized spacial score (nSPS) is 15.8. The Balaban J connectivity index is 2.14. The van der Waals surface area contributed by atoms with Gasteiger partial charge in [0.15, 0.2) is 5.55 Å². The number of nitrogens with one attached hydrogen (secondary N) is 2. The Kier molecular flexibility index (Phi) is 1.17. The summed E-state index contributed by atoms with van der Waals surface area (Å²) in [5.41, 5.74) is 5.20. The average Bonchev–Trinajstić information content (AvgIpc) is 2.59. The second kappa shape index (κ2) is 2.14. The van der Waals surface area contributed by atoms with Crippen molar-refractivity contribution in [1.82, 2.24) is 26.2 Å². The molecule has 0 aromatic carbocycles. The number of hydrazone groups is 1. The van der Waals surface area contributed by atoms with Crippen molar-refractivity contribution in [3.8, 4) is 0 Å². The average molecular weight is 156 g/mol. The van der Waals surface area contributed by atoms with E-state index in [0.29, 0.717) is 5.95 Å². The molecule has 0 unspecified atom stereocenters. The van der Waals surface area contributed by atoms with Crippen LogP contribution in [0.15, 0.2) is 5.10 Å². The van der Waals surface area contributed by atoms with E-state index in [1.165, 1.54) is 11.9 Å². The van der Waals surface area contributed by atoms with E-state index in [4.69, 9.17) is 0 Å². The lowest BCUT2D eigenvalue weighted by atomic mass is 11.1. The molecule has 0 bridgehead atoms. The van der Waals surface area contributed by atoms with Gasteiger partial charge in [-0.25, -0.2) is 10.6 Å². The lowest BCUT2D eigenvalue weighted by Crippen LogP contribution is -2.23. The number of anilines is 1. The number of aromatic amines is 1. The summed E-state index contributed by atoms with van der Waals surface area (Å²) in [4.78, 5) is 0. The van der Waals surface area contributed by atoms with Gasteiger partial charge in [-0.05, 0) is 10.4 Å². The van der Waals surface area contributed by atoms with E-state index >= 15 is 0 Å². The molecular weight excluding hydrogens is 154 g/mol. The number of rotatable bonds is 1. The predicted molar refractivity (Wildman–Crippen MR) is 34.8 cm³/mol. The van der Waals surface area contributed by atoms with E-state index in [9.17, 15) is 0 Å². The molecule has 0 saturated carbocycles. The molecule has 1 aliphatic heterocycles. The molecule has 0 aliphatic carbocycles. The fourth-order valence-corrected chi connectivity index (χ4v) is 0.887. The fourth-order valence-electron chi connectivity index (χ4n) is 0.478. The van der Waals surface area contributed by atoms with Crippen molar-refractivity contribution in [2.45, 2.75) is 0 Å². The number of hydrogen-bond acceptors (Lipinski definition) is 7. The van der Waals surface area contributed by atoms with Crippen LogP contribution >= 0.6 is 11.9 Å². The van der Waals surface area contributed by atoms with Crippen molar-refractivity contribution in [1.29, 1.82) is 0 Å². The van der Waals surface area contributed by atoms with Crippen molar-refractivity contribution in [2.75, 3.05) is 4.41 Å². The molecule has 2 heterocycles. The number of tetrazole rings is 1. The van der Waals surface area contributed by atoms with Crippen molar-refractivity contribution in [2.24, 2.45) is 5.10 Å². The highest BCUT2D eigenvalue weighted by atomic mass is 32.2. The van der Waals surface area contributed by atoms with Crippen LogP contribution in [0, 0.1) is 0 Å². The van der Waals surface area contributed by atoms with Crippen molar-refractivity contribution < 1.29 is 0 Å². The van der Waals surface area contributed by atoms with Gasteiger partial charge in [0.2, 0.25) is 0 Å². The minimum Gasteiger partial charge on any atom is -0.223 e. The number of hydrazine groups is 1. The largest absolute Gasteiger partial charge is 0.273 e. The molecule has 0 saturated heterocycles. The maximum absolute atomic E-state index is 3.62. The van der Waals surface area contributed by atoms with Gasteiger partial charge in [0.1, 0.15) is 0 Å². The highest BCUT2D eigenvalue weighted by Gasteiger charge is 2.12. The third-order valence-corrected chi connectivity index (χ3v) is 1.46. The van der Waals surface area contributed by atoms with E-state index in [0.717, 1.165) is 0 Å². The van der Waals surface area contributed by atoms with Crippen LogP contribution in [0.3, 0.4) is 0 Å². The molecule has 0 spiro atoms. The maximum atomic E-state index is 3.62. The van der Waals surface area contributed by atoms with E-state index in [2.05, 4.69) is 36.8 Å². The van der Waals surface area contributed by atoms with Gasteiger partial charge in [-0.1, -0.05) is 5.10 Å². The molecule has 8 heteroatoms. The summed E-state index contributed by atoms with van der Waals surface area (Å²) in [5.74, 6) is 0.499. The summed E-state index contributed by atoms with van der Waals surface area (Å²) >= 11 is 1.23. The quantitative estimate of drug-likeness (QED) is 0.507. The SMILES string of the molecule is [C]1=NNN(c2nnn[nH]2)S1. The van der Waals surface area contributed by atoms with Gasteiger partial charge < -0.3 is 0 Å². The summed E-state index contributed by atoms with van der Waals surface area (Å²) in [5, 5.41) is 16.5. The molecular formula is C2H2N7S. The molecule has 0 atom stereocenters. The Hall–Kier alpha value is -1.31. The minimum atomic E-state index is 0.499. The van der Waals surface area contributed by atoms with E-state index in [-0.39, 0.29) is 0 Å². The van der Waals surface area contributed by atoms with Gasteiger partial charge in [-0.3, -0.25) is 0 Å². The van der Waals surface area contributed by atoms with Gasteiger partial charge in [-0.2, -0.15) is 4.41 Å². The first-order valence-corrected chi connectivity index (χ1v) is 3.15. The molecule has 10 heavy (non-hydrogen) atoms. The molecule has 51 valence electrons. The molecule has 2 rings (SSSR count). The highest BCUT2D eigenvalue weighted by Crippen LogP contribution is 2.13. The van der Waals surface area contributed by atoms with Crippen LogP contribution in [-0.2, 0) is 0 Å². The first-order valence-electron chi connectivity index (χ1n) is 2.38. The monoisotopic (exact) mass is 156 g/mol. The zero-order valence-corrected chi connectivity index (χ0v) is 5.46. The van der Waals surface area contributed by atoms with Gasteiger partial charge >= 0.3 is 0 Å². The summed E-state index contributed by atoms with van der Waals surface area (Å²) in [6.07, 6.45) is 0. The van der Waals surface area contributed by atoms with Crippen molar-refractivity contribution in [3.05, 3.63) is 0 Å². The summed E-state index contributed by atoms with van der Waals surface area (Å²) in [7, 11) is 0. The van der Waals surface area contributed by atoms with Crippen LogP contribution in [-0.4, -0.2) is 26.2 Å². The van der Waals surface area contributed by atoms with Crippen molar-refractivity contribution in [3.63, 3.8) is 0 Å². The summed E-state index contributed by atoms with van der Waals surface area (Å²) in [6.45, 7) is 0. The molecule has 1 aromatic heterocycles. The first-order chi connectivity index (χ1) is 4.97. The van der Waals surface area contributed by atoms with Gasteiger partial charge in [0, 0.05) is 11.9 Å². The second-order valence-electron chi connectivity index (χ2n) is 1.41. The van der Waals surface area contributed by atoms with Crippen LogP contribution in [0.25, 0.3) is 0 Å². The van der Waals surface area contributed by atoms with Crippen LogP contribution in [0.4, 0.5) is 5.95 Å². The second-order valence-corrected chi connectivity index (χ2v) is 2.14. The topological polar surface area (TPSA) is 82.1 Å². The van der Waals surface area contributed by atoms with Gasteiger partial charge in [-0.15, -0.1) is 5.10 Å². The smallest absolute Gasteiger partial charge is 0.223 e. The van der Waals surface area contributed by atoms with Crippen LogP contribution in [0.1, 0.15) is 0 Å². The maximum Gasteiger partial charge on any atom is 0.273 e. The zero-order valence-electron chi connectivity index (χ0n) is 4.64. The fraction of sp³-hybridized carbons (Fsp3) is 0. The lowest BCUT2D eigenvalue weighted by molar-refractivity contribution is 0.804. The number of H-pyrrole nitrogens is 1. The Morgan fingerprint density at radius 2 is 2.60 bits per heavy atom. The predicted octanol–water partition coefficient (Wildman–Crippen LogP) is -1.01. The lowest BCUT2D eigenvalue weighted by Gasteiger charge is -2.07. The first kappa shape index (κ1) is 5.47. The van der Waals surface area contributed by atoms with Crippen LogP contribution in [0.2, 0.25) is 0 Å². The number of aromatic nitrogens is 4.